The van der Waals surface area contributed by atoms with Gasteiger partial charge in [0.2, 0.25) is 0 Å². The third kappa shape index (κ3) is 5.01. The first-order chi connectivity index (χ1) is 11.6. The molecule has 0 saturated heterocycles. The minimum Gasteiger partial charge on any atom is -0.355 e. The van der Waals surface area contributed by atoms with Gasteiger partial charge in [0, 0.05) is 19.6 Å². The maximum atomic E-state index is 12.9. The van der Waals surface area contributed by atoms with Crippen molar-refractivity contribution in [3.05, 3.63) is 53.5 Å². The van der Waals surface area contributed by atoms with Crippen molar-refractivity contribution in [3.8, 4) is 0 Å². The van der Waals surface area contributed by atoms with Gasteiger partial charge in [-0.05, 0) is 42.7 Å². The molecule has 0 aliphatic heterocycles. The summed E-state index contributed by atoms with van der Waals surface area (Å²) in [5.74, 6) is 0.194. The average molecular weight is 330 g/mol. The molecule has 0 unspecified atom stereocenters. The third-order valence-corrected chi connectivity index (χ3v) is 3.56. The number of anilines is 1. The van der Waals surface area contributed by atoms with Crippen LogP contribution < -0.4 is 10.2 Å². The molecule has 128 valence electrons. The maximum Gasteiger partial charge on any atom is 0.272 e. The lowest BCUT2D eigenvalue weighted by atomic mass is 10.2. The first-order valence-corrected chi connectivity index (χ1v) is 8.25. The second kappa shape index (κ2) is 8.96. The zero-order valence-electron chi connectivity index (χ0n) is 14.1. The van der Waals surface area contributed by atoms with Gasteiger partial charge in [0.1, 0.15) is 5.82 Å². The Labute approximate surface area is 141 Å². The second-order valence-corrected chi connectivity index (χ2v) is 5.57. The van der Waals surface area contributed by atoms with Gasteiger partial charge in [-0.15, -0.1) is 10.2 Å². The Morgan fingerprint density at radius 3 is 2.25 bits per heavy atom. The summed E-state index contributed by atoms with van der Waals surface area (Å²) in [7, 11) is 0. The zero-order chi connectivity index (χ0) is 17.4. The number of nitrogens with zero attached hydrogens (tertiary/aromatic N) is 3. The molecular weight excluding hydrogens is 307 g/mol. The van der Waals surface area contributed by atoms with E-state index in [4.69, 9.17) is 0 Å². The Kier molecular flexibility index (Phi) is 6.66. The highest BCUT2D eigenvalue weighted by Crippen LogP contribution is 2.11. The molecular formula is C18H23FN4O. The van der Waals surface area contributed by atoms with E-state index in [-0.39, 0.29) is 17.4 Å². The molecule has 2 aromatic rings. The molecule has 0 radical (unpaired) electrons. The molecule has 2 rings (SSSR count). The number of benzene rings is 1. The number of carbonyl (C=O) groups excluding carboxylic acids is 1. The first kappa shape index (κ1) is 17.8. The van der Waals surface area contributed by atoms with Crippen molar-refractivity contribution in [2.75, 3.05) is 18.0 Å². The lowest BCUT2D eigenvalue weighted by molar-refractivity contribution is 0.0945. The largest absolute Gasteiger partial charge is 0.355 e. The van der Waals surface area contributed by atoms with Crippen LogP contribution in [0, 0.1) is 5.82 Å². The standard InChI is InChI=1S/C18H23FN4O/c1-3-11-23(12-4-2)17-10-9-16(21-22-17)18(24)20-13-14-5-7-15(19)8-6-14/h5-10H,3-4,11-13H2,1-2H3,(H,20,24). The van der Waals surface area contributed by atoms with Crippen molar-refractivity contribution in [1.82, 2.24) is 15.5 Å². The smallest absolute Gasteiger partial charge is 0.272 e. The van der Waals surface area contributed by atoms with Gasteiger partial charge in [0.25, 0.3) is 5.91 Å². The number of nitrogens with one attached hydrogen (secondary N) is 1. The summed E-state index contributed by atoms with van der Waals surface area (Å²) in [6.07, 6.45) is 2.06. The van der Waals surface area contributed by atoms with E-state index in [0.29, 0.717) is 6.54 Å². The fraction of sp³-hybridized carbons (Fsp3) is 0.389. The molecule has 0 fully saturated rings. The van der Waals surface area contributed by atoms with Crippen LogP contribution in [-0.4, -0.2) is 29.2 Å². The minimum atomic E-state index is -0.296. The third-order valence-electron chi connectivity index (χ3n) is 3.56. The van der Waals surface area contributed by atoms with Crippen LogP contribution in [0.5, 0.6) is 0 Å². The van der Waals surface area contributed by atoms with Crippen molar-refractivity contribution < 1.29 is 9.18 Å². The molecule has 1 N–H and O–H groups in total. The molecule has 5 nitrogen and oxygen atoms in total. The summed E-state index contributed by atoms with van der Waals surface area (Å²) >= 11 is 0. The van der Waals surface area contributed by atoms with Gasteiger partial charge >= 0.3 is 0 Å². The van der Waals surface area contributed by atoms with E-state index < -0.39 is 0 Å². The molecule has 1 aromatic heterocycles. The van der Waals surface area contributed by atoms with E-state index in [1.54, 1.807) is 18.2 Å². The molecule has 1 heterocycles. The van der Waals surface area contributed by atoms with Gasteiger partial charge in [-0.25, -0.2) is 4.39 Å². The van der Waals surface area contributed by atoms with Crippen LogP contribution in [0.15, 0.2) is 36.4 Å². The van der Waals surface area contributed by atoms with E-state index in [1.165, 1.54) is 12.1 Å². The van der Waals surface area contributed by atoms with E-state index >= 15 is 0 Å². The number of carbonyl (C=O) groups is 1. The van der Waals surface area contributed by atoms with Crippen molar-refractivity contribution >= 4 is 11.7 Å². The minimum absolute atomic E-state index is 0.272. The molecule has 0 aliphatic rings. The Morgan fingerprint density at radius 1 is 1.04 bits per heavy atom. The molecule has 24 heavy (non-hydrogen) atoms. The van der Waals surface area contributed by atoms with Crippen LogP contribution >= 0.6 is 0 Å². The zero-order valence-corrected chi connectivity index (χ0v) is 14.1. The SMILES string of the molecule is CCCN(CCC)c1ccc(C(=O)NCc2ccc(F)cc2)nn1. The highest BCUT2D eigenvalue weighted by atomic mass is 19.1. The van der Waals surface area contributed by atoms with Crippen LogP contribution in [0.4, 0.5) is 10.2 Å². The van der Waals surface area contributed by atoms with E-state index in [2.05, 4.69) is 34.3 Å². The van der Waals surface area contributed by atoms with Gasteiger partial charge in [-0.2, -0.15) is 0 Å². The number of aromatic nitrogens is 2. The lowest BCUT2D eigenvalue weighted by Gasteiger charge is -2.21. The van der Waals surface area contributed by atoms with E-state index in [9.17, 15) is 9.18 Å². The van der Waals surface area contributed by atoms with Gasteiger partial charge < -0.3 is 10.2 Å². The van der Waals surface area contributed by atoms with Crippen molar-refractivity contribution in [2.45, 2.75) is 33.2 Å². The molecule has 0 bridgehead atoms. The Morgan fingerprint density at radius 2 is 1.71 bits per heavy atom. The molecule has 1 aromatic carbocycles. The number of rotatable bonds is 8. The Balaban J connectivity index is 1.96. The van der Waals surface area contributed by atoms with E-state index in [1.807, 2.05) is 6.07 Å². The molecule has 0 saturated carbocycles. The highest BCUT2D eigenvalue weighted by Gasteiger charge is 2.11. The number of halogens is 1. The number of hydrogen-bond donors (Lipinski definition) is 1. The molecule has 0 aliphatic carbocycles. The summed E-state index contributed by atoms with van der Waals surface area (Å²) in [5.41, 5.74) is 1.10. The molecule has 1 amide bonds. The van der Waals surface area contributed by atoms with Crippen LogP contribution in [0.1, 0.15) is 42.7 Å². The van der Waals surface area contributed by atoms with Crippen LogP contribution in [0.3, 0.4) is 0 Å². The van der Waals surface area contributed by atoms with Gasteiger partial charge in [0.05, 0.1) is 0 Å². The molecule has 0 atom stereocenters. The predicted molar refractivity (Wildman–Crippen MR) is 92.4 cm³/mol. The van der Waals surface area contributed by atoms with Crippen LogP contribution in [0.25, 0.3) is 0 Å². The summed E-state index contributed by atoms with van der Waals surface area (Å²) in [4.78, 5) is 14.3. The van der Waals surface area contributed by atoms with Crippen molar-refractivity contribution in [1.29, 1.82) is 0 Å². The normalized spacial score (nSPS) is 10.5. The van der Waals surface area contributed by atoms with Gasteiger partial charge in [0.15, 0.2) is 11.5 Å². The Bertz CT molecular complexity index is 637. The van der Waals surface area contributed by atoms with Crippen LogP contribution in [-0.2, 0) is 6.54 Å². The van der Waals surface area contributed by atoms with Crippen molar-refractivity contribution in [2.24, 2.45) is 0 Å². The summed E-state index contributed by atoms with van der Waals surface area (Å²) < 4.78 is 12.9. The predicted octanol–water partition coefficient (Wildman–Crippen LogP) is 3.17. The van der Waals surface area contributed by atoms with Gasteiger partial charge in [-0.1, -0.05) is 26.0 Å². The quantitative estimate of drug-likeness (QED) is 0.808. The topological polar surface area (TPSA) is 58.1 Å². The summed E-state index contributed by atoms with van der Waals surface area (Å²) in [6.45, 7) is 6.39. The lowest BCUT2D eigenvalue weighted by Crippen LogP contribution is -2.27. The second-order valence-electron chi connectivity index (χ2n) is 5.57. The fourth-order valence-corrected chi connectivity index (χ4v) is 2.37. The molecule has 6 heteroatoms. The highest BCUT2D eigenvalue weighted by molar-refractivity contribution is 5.92. The monoisotopic (exact) mass is 330 g/mol. The number of amides is 1. The number of hydrogen-bond acceptors (Lipinski definition) is 4. The van der Waals surface area contributed by atoms with Crippen LogP contribution in [0.2, 0.25) is 0 Å². The first-order valence-electron chi connectivity index (χ1n) is 8.25. The van der Waals surface area contributed by atoms with E-state index in [0.717, 1.165) is 37.3 Å². The van der Waals surface area contributed by atoms with Crippen molar-refractivity contribution in [3.63, 3.8) is 0 Å². The summed E-state index contributed by atoms with van der Waals surface area (Å²) in [5, 5.41) is 11.0. The Hall–Kier alpha value is -2.50. The molecule has 0 spiro atoms. The fourth-order valence-electron chi connectivity index (χ4n) is 2.37. The summed E-state index contributed by atoms with van der Waals surface area (Å²) in [6, 6.07) is 9.51. The average Bonchev–Trinajstić information content (AvgIpc) is 2.61. The maximum absolute atomic E-state index is 12.9. The van der Waals surface area contributed by atoms with Gasteiger partial charge in [-0.3, -0.25) is 4.79 Å².